The van der Waals surface area contributed by atoms with Crippen LogP contribution >= 0.6 is 0 Å². The first-order valence-corrected chi connectivity index (χ1v) is 8.22. The molecule has 0 fully saturated rings. The maximum atomic E-state index is 8.56. The minimum atomic E-state index is -1.83. The SMILES string of the molecule is CCCCCCCCCCCCN(C)C.O=C(O)O.O=C(O)O. The Hall–Kier alpha value is -1.50. The summed E-state index contributed by atoms with van der Waals surface area (Å²) < 4.78 is 0. The van der Waals surface area contributed by atoms with E-state index in [4.69, 9.17) is 30.0 Å². The van der Waals surface area contributed by atoms with E-state index < -0.39 is 12.3 Å². The normalized spacial score (nSPS) is 9.39. The van der Waals surface area contributed by atoms with Crippen molar-refractivity contribution in [3.63, 3.8) is 0 Å². The first-order chi connectivity index (χ1) is 10.7. The van der Waals surface area contributed by atoms with Crippen LogP contribution in [-0.4, -0.2) is 58.3 Å². The number of hydrogen-bond acceptors (Lipinski definition) is 3. The molecular formula is C16H35NO6. The second kappa shape index (κ2) is 22.8. The molecule has 0 aromatic carbocycles. The van der Waals surface area contributed by atoms with Crippen molar-refractivity contribution in [1.82, 2.24) is 4.90 Å². The summed E-state index contributed by atoms with van der Waals surface area (Å²) in [6.07, 6.45) is 10.7. The van der Waals surface area contributed by atoms with Gasteiger partial charge in [0.15, 0.2) is 0 Å². The Labute approximate surface area is 139 Å². The van der Waals surface area contributed by atoms with Crippen molar-refractivity contribution in [3.05, 3.63) is 0 Å². The third-order valence-corrected chi connectivity index (χ3v) is 2.96. The highest BCUT2D eigenvalue weighted by Gasteiger charge is 1.93. The summed E-state index contributed by atoms with van der Waals surface area (Å²) in [5, 5.41) is 27.9. The van der Waals surface area contributed by atoms with Crippen LogP contribution in [0.3, 0.4) is 0 Å². The molecule has 0 amide bonds. The average molecular weight is 337 g/mol. The van der Waals surface area contributed by atoms with Gasteiger partial charge in [0, 0.05) is 0 Å². The van der Waals surface area contributed by atoms with E-state index in [1.54, 1.807) is 0 Å². The Bertz CT molecular complexity index is 239. The van der Waals surface area contributed by atoms with E-state index in [-0.39, 0.29) is 0 Å². The van der Waals surface area contributed by atoms with Crippen molar-refractivity contribution in [2.45, 2.75) is 71.1 Å². The minimum Gasteiger partial charge on any atom is -0.450 e. The minimum absolute atomic E-state index is 1.26. The molecule has 140 valence electrons. The average Bonchev–Trinajstić information content (AvgIpc) is 2.39. The highest BCUT2D eigenvalue weighted by atomic mass is 16.6. The molecule has 4 N–H and O–H groups in total. The van der Waals surface area contributed by atoms with Crippen molar-refractivity contribution in [2.75, 3.05) is 20.6 Å². The van der Waals surface area contributed by atoms with Gasteiger partial charge in [-0.05, 0) is 27.1 Å². The zero-order valence-electron chi connectivity index (χ0n) is 14.8. The molecule has 0 aliphatic heterocycles. The van der Waals surface area contributed by atoms with Gasteiger partial charge >= 0.3 is 12.3 Å². The summed E-state index contributed by atoms with van der Waals surface area (Å²) in [7, 11) is 4.32. The third-order valence-electron chi connectivity index (χ3n) is 2.96. The quantitative estimate of drug-likeness (QED) is 0.395. The summed E-state index contributed by atoms with van der Waals surface area (Å²) >= 11 is 0. The number of unbranched alkanes of at least 4 members (excludes halogenated alkanes) is 9. The van der Waals surface area contributed by atoms with E-state index in [0.717, 1.165) is 0 Å². The smallest absolute Gasteiger partial charge is 0.450 e. The fourth-order valence-electron chi connectivity index (χ4n) is 1.92. The van der Waals surface area contributed by atoms with Crippen molar-refractivity contribution >= 4 is 12.3 Å². The number of carbonyl (C=O) groups is 2. The standard InChI is InChI=1S/C14H31N.2CH2O3/c1-4-5-6-7-8-9-10-11-12-13-14-15(2)3;2*2-1(3)4/h4-14H2,1-3H3;2*(H2,2,3,4). The van der Waals surface area contributed by atoms with Crippen LogP contribution in [0.2, 0.25) is 0 Å². The molecule has 0 aliphatic carbocycles. The Morgan fingerprint density at radius 3 is 1.17 bits per heavy atom. The monoisotopic (exact) mass is 337 g/mol. The number of hydrogen-bond donors (Lipinski definition) is 4. The van der Waals surface area contributed by atoms with Crippen molar-refractivity contribution in [1.29, 1.82) is 0 Å². The Morgan fingerprint density at radius 1 is 0.652 bits per heavy atom. The van der Waals surface area contributed by atoms with Crippen LogP contribution in [0.1, 0.15) is 71.1 Å². The van der Waals surface area contributed by atoms with Crippen LogP contribution in [0.5, 0.6) is 0 Å². The van der Waals surface area contributed by atoms with Gasteiger partial charge in [-0.15, -0.1) is 0 Å². The maximum absolute atomic E-state index is 8.56. The van der Waals surface area contributed by atoms with Gasteiger partial charge in [0.2, 0.25) is 0 Å². The first-order valence-electron chi connectivity index (χ1n) is 8.22. The van der Waals surface area contributed by atoms with Crippen LogP contribution in [0.15, 0.2) is 0 Å². The lowest BCUT2D eigenvalue weighted by atomic mass is 10.1. The molecule has 0 atom stereocenters. The lowest BCUT2D eigenvalue weighted by Crippen LogP contribution is -2.12. The second-order valence-electron chi connectivity index (χ2n) is 5.55. The van der Waals surface area contributed by atoms with E-state index in [2.05, 4.69) is 25.9 Å². The molecule has 0 saturated carbocycles. The van der Waals surface area contributed by atoms with Gasteiger partial charge in [-0.25, -0.2) is 9.59 Å². The highest BCUT2D eigenvalue weighted by Crippen LogP contribution is 2.10. The molecule has 0 aliphatic rings. The van der Waals surface area contributed by atoms with Crippen LogP contribution in [0, 0.1) is 0 Å². The van der Waals surface area contributed by atoms with Gasteiger partial charge in [0.25, 0.3) is 0 Å². The molecule has 0 saturated heterocycles. The van der Waals surface area contributed by atoms with E-state index >= 15 is 0 Å². The zero-order valence-corrected chi connectivity index (χ0v) is 14.8. The molecule has 7 heteroatoms. The fourth-order valence-corrected chi connectivity index (χ4v) is 1.92. The lowest BCUT2D eigenvalue weighted by molar-refractivity contribution is 0.135. The molecule has 23 heavy (non-hydrogen) atoms. The van der Waals surface area contributed by atoms with E-state index in [1.807, 2.05) is 0 Å². The molecule has 0 radical (unpaired) electrons. The van der Waals surface area contributed by atoms with Gasteiger partial charge in [-0.1, -0.05) is 64.7 Å². The second-order valence-corrected chi connectivity index (χ2v) is 5.55. The largest absolute Gasteiger partial charge is 0.503 e. The van der Waals surface area contributed by atoms with Crippen molar-refractivity contribution in [2.24, 2.45) is 0 Å². The first kappa shape index (κ1) is 26.4. The van der Waals surface area contributed by atoms with Crippen molar-refractivity contribution in [3.8, 4) is 0 Å². The summed E-state index contributed by atoms with van der Waals surface area (Å²) in [4.78, 5) is 19.4. The topological polar surface area (TPSA) is 118 Å². The van der Waals surface area contributed by atoms with Gasteiger partial charge in [-0.2, -0.15) is 0 Å². The van der Waals surface area contributed by atoms with Crippen LogP contribution in [0.4, 0.5) is 9.59 Å². The summed E-state index contributed by atoms with van der Waals surface area (Å²) in [6.45, 7) is 3.54. The lowest BCUT2D eigenvalue weighted by Gasteiger charge is -2.08. The van der Waals surface area contributed by atoms with Crippen LogP contribution < -0.4 is 0 Å². The van der Waals surface area contributed by atoms with Crippen molar-refractivity contribution < 1.29 is 30.0 Å². The summed E-state index contributed by atoms with van der Waals surface area (Å²) in [5.41, 5.74) is 0. The highest BCUT2D eigenvalue weighted by molar-refractivity contribution is 5.53. The van der Waals surface area contributed by atoms with E-state index in [1.165, 1.54) is 70.8 Å². The predicted octanol–water partition coefficient (Wildman–Crippen LogP) is 4.91. The Balaban J connectivity index is -0.000000413. The molecular weight excluding hydrogens is 302 g/mol. The fraction of sp³-hybridized carbons (Fsp3) is 0.875. The number of carboxylic acid groups (broad SMARTS) is 4. The molecule has 0 aromatic rings. The van der Waals surface area contributed by atoms with Crippen LogP contribution in [-0.2, 0) is 0 Å². The number of rotatable bonds is 11. The van der Waals surface area contributed by atoms with Gasteiger partial charge < -0.3 is 25.3 Å². The summed E-state index contributed by atoms with van der Waals surface area (Å²) in [6, 6.07) is 0. The molecule has 0 spiro atoms. The molecule has 0 aromatic heterocycles. The maximum Gasteiger partial charge on any atom is 0.503 e. The number of nitrogens with zero attached hydrogens (tertiary/aromatic N) is 1. The Kier molecular flexibility index (Phi) is 26.1. The molecule has 0 rings (SSSR count). The Morgan fingerprint density at radius 2 is 0.913 bits per heavy atom. The molecule has 0 bridgehead atoms. The van der Waals surface area contributed by atoms with Gasteiger partial charge in [0.1, 0.15) is 0 Å². The van der Waals surface area contributed by atoms with Gasteiger partial charge in [0.05, 0.1) is 0 Å². The van der Waals surface area contributed by atoms with E-state index in [9.17, 15) is 0 Å². The van der Waals surface area contributed by atoms with E-state index in [0.29, 0.717) is 0 Å². The summed E-state index contributed by atoms with van der Waals surface area (Å²) in [5.74, 6) is 0. The molecule has 0 heterocycles. The van der Waals surface area contributed by atoms with Gasteiger partial charge in [-0.3, -0.25) is 0 Å². The molecule has 7 nitrogen and oxygen atoms in total. The van der Waals surface area contributed by atoms with Crippen LogP contribution in [0.25, 0.3) is 0 Å². The predicted molar refractivity (Wildman–Crippen MR) is 91.7 cm³/mol. The zero-order chi connectivity index (χ0) is 18.5. The molecule has 0 unspecified atom stereocenters. The third kappa shape index (κ3) is 63.6.